The van der Waals surface area contributed by atoms with Gasteiger partial charge in [0.1, 0.15) is 0 Å². The molecule has 0 amide bonds. The van der Waals surface area contributed by atoms with Gasteiger partial charge in [-0.3, -0.25) is 0 Å². The van der Waals surface area contributed by atoms with Gasteiger partial charge in [-0.15, -0.1) is 0 Å². The van der Waals surface area contributed by atoms with Gasteiger partial charge in [-0.05, 0) is 25.4 Å². The van der Waals surface area contributed by atoms with Gasteiger partial charge in [0.25, 0.3) is 0 Å². The third-order valence-electron chi connectivity index (χ3n) is 4.23. The third-order valence-corrected chi connectivity index (χ3v) is 4.23. The summed E-state index contributed by atoms with van der Waals surface area (Å²) in [5.41, 5.74) is 0. The van der Waals surface area contributed by atoms with Crippen LogP contribution in [0.3, 0.4) is 0 Å². The van der Waals surface area contributed by atoms with Crippen LogP contribution >= 0.6 is 0 Å². The largest absolute Gasteiger partial charge is 0.317 e. The molecule has 0 aliphatic carbocycles. The summed E-state index contributed by atoms with van der Waals surface area (Å²) in [4.78, 5) is 0. The summed E-state index contributed by atoms with van der Waals surface area (Å²) in [6.45, 7) is 9.17. The van der Waals surface area contributed by atoms with Crippen molar-refractivity contribution in [3.05, 3.63) is 0 Å². The van der Waals surface area contributed by atoms with E-state index in [2.05, 4.69) is 26.1 Å². The van der Waals surface area contributed by atoms with Crippen molar-refractivity contribution in [1.29, 1.82) is 0 Å². The average molecular weight is 270 g/mol. The Morgan fingerprint density at radius 3 is 1.68 bits per heavy atom. The van der Waals surface area contributed by atoms with E-state index in [4.69, 9.17) is 0 Å². The van der Waals surface area contributed by atoms with Crippen LogP contribution in [0.25, 0.3) is 0 Å². The van der Waals surface area contributed by atoms with E-state index >= 15 is 0 Å². The monoisotopic (exact) mass is 269 g/mol. The average Bonchev–Trinajstić information content (AvgIpc) is 2.44. The zero-order valence-electron chi connectivity index (χ0n) is 14.0. The molecule has 0 aromatic carbocycles. The molecule has 0 aromatic heterocycles. The van der Waals surface area contributed by atoms with Crippen molar-refractivity contribution in [2.45, 2.75) is 97.8 Å². The first-order chi connectivity index (χ1) is 9.35. The van der Waals surface area contributed by atoms with E-state index < -0.39 is 0 Å². The molecule has 1 N–H and O–H groups in total. The second-order valence-corrected chi connectivity index (χ2v) is 6.05. The summed E-state index contributed by atoms with van der Waals surface area (Å²) in [5, 5.41) is 3.48. The molecule has 19 heavy (non-hydrogen) atoms. The Labute approximate surface area is 122 Å². The van der Waals surface area contributed by atoms with Crippen LogP contribution in [0.1, 0.15) is 97.8 Å². The lowest BCUT2D eigenvalue weighted by Crippen LogP contribution is -2.22. The van der Waals surface area contributed by atoms with Crippen molar-refractivity contribution in [2.75, 3.05) is 13.1 Å². The number of rotatable bonds is 15. The molecule has 0 heterocycles. The topological polar surface area (TPSA) is 12.0 Å². The summed E-state index contributed by atoms with van der Waals surface area (Å²) in [5.74, 6) is 0.911. The minimum Gasteiger partial charge on any atom is -0.317 e. The maximum atomic E-state index is 3.48. The SMILES string of the molecule is CCCCCCCCCCCCC(CC)CNCC. The van der Waals surface area contributed by atoms with Crippen molar-refractivity contribution >= 4 is 0 Å². The van der Waals surface area contributed by atoms with Crippen LogP contribution < -0.4 is 5.32 Å². The Hall–Kier alpha value is -0.0400. The zero-order valence-corrected chi connectivity index (χ0v) is 14.0. The van der Waals surface area contributed by atoms with Gasteiger partial charge < -0.3 is 5.32 Å². The summed E-state index contributed by atoms with van der Waals surface area (Å²) in [6.07, 6.45) is 17.3. The first kappa shape index (κ1) is 19.0. The molecule has 0 aromatic rings. The Balaban J connectivity index is 3.16. The Morgan fingerprint density at radius 1 is 0.684 bits per heavy atom. The number of unbranched alkanes of at least 4 members (excludes halogenated alkanes) is 9. The van der Waals surface area contributed by atoms with E-state index in [1.807, 2.05) is 0 Å². The minimum atomic E-state index is 0.911. The van der Waals surface area contributed by atoms with Crippen molar-refractivity contribution in [2.24, 2.45) is 5.92 Å². The molecule has 0 rings (SSSR count). The minimum absolute atomic E-state index is 0.911. The highest BCUT2D eigenvalue weighted by Gasteiger charge is 2.04. The molecule has 0 saturated carbocycles. The lowest BCUT2D eigenvalue weighted by Gasteiger charge is -2.14. The molecule has 1 heteroatoms. The van der Waals surface area contributed by atoms with Gasteiger partial charge in [0.2, 0.25) is 0 Å². The first-order valence-corrected chi connectivity index (χ1v) is 9.05. The highest BCUT2D eigenvalue weighted by Crippen LogP contribution is 2.15. The predicted octanol–water partition coefficient (Wildman–Crippen LogP) is 5.93. The second kappa shape index (κ2) is 16.0. The third kappa shape index (κ3) is 14.2. The quantitative estimate of drug-likeness (QED) is 0.363. The molecule has 116 valence electrons. The molecule has 1 unspecified atom stereocenters. The number of hydrogen-bond donors (Lipinski definition) is 1. The normalized spacial score (nSPS) is 12.8. The Kier molecular flexibility index (Phi) is 16.0. The maximum absolute atomic E-state index is 3.48. The lowest BCUT2D eigenvalue weighted by molar-refractivity contribution is 0.414. The molecule has 0 fully saturated rings. The maximum Gasteiger partial charge on any atom is -0.00207 e. The van der Waals surface area contributed by atoms with Crippen LogP contribution in [-0.2, 0) is 0 Å². The van der Waals surface area contributed by atoms with Crippen molar-refractivity contribution in [3.63, 3.8) is 0 Å². The van der Waals surface area contributed by atoms with Gasteiger partial charge in [0.05, 0.1) is 0 Å². The van der Waals surface area contributed by atoms with Crippen LogP contribution in [-0.4, -0.2) is 13.1 Å². The van der Waals surface area contributed by atoms with Crippen molar-refractivity contribution < 1.29 is 0 Å². The van der Waals surface area contributed by atoms with Gasteiger partial charge in [-0.1, -0.05) is 91.4 Å². The van der Waals surface area contributed by atoms with E-state index in [-0.39, 0.29) is 0 Å². The lowest BCUT2D eigenvalue weighted by atomic mass is 9.97. The molecule has 0 aliphatic heterocycles. The van der Waals surface area contributed by atoms with E-state index in [1.54, 1.807) is 0 Å². The van der Waals surface area contributed by atoms with Crippen LogP contribution in [0.2, 0.25) is 0 Å². The summed E-state index contributed by atoms with van der Waals surface area (Å²) in [7, 11) is 0. The van der Waals surface area contributed by atoms with Gasteiger partial charge in [0, 0.05) is 0 Å². The molecule has 0 spiro atoms. The van der Waals surface area contributed by atoms with E-state index in [0.717, 1.165) is 12.5 Å². The molecule has 0 bridgehead atoms. The number of nitrogens with one attached hydrogen (secondary N) is 1. The second-order valence-electron chi connectivity index (χ2n) is 6.05. The molecular formula is C18H39N. The molecule has 0 aliphatic rings. The first-order valence-electron chi connectivity index (χ1n) is 9.05. The van der Waals surface area contributed by atoms with Crippen LogP contribution in [0, 0.1) is 5.92 Å². The Morgan fingerprint density at radius 2 is 1.21 bits per heavy atom. The predicted molar refractivity (Wildman–Crippen MR) is 88.8 cm³/mol. The Bertz CT molecular complexity index is 156. The van der Waals surface area contributed by atoms with Gasteiger partial charge in [0.15, 0.2) is 0 Å². The summed E-state index contributed by atoms with van der Waals surface area (Å²) < 4.78 is 0. The fourth-order valence-corrected chi connectivity index (χ4v) is 2.72. The zero-order chi connectivity index (χ0) is 14.2. The molecule has 1 atom stereocenters. The van der Waals surface area contributed by atoms with Gasteiger partial charge >= 0.3 is 0 Å². The van der Waals surface area contributed by atoms with Crippen LogP contribution in [0.5, 0.6) is 0 Å². The highest BCUT2D eigenvalue weighted by atomic mass is 14.8. The molecule has 0 radical (unpaired) electrons. The summed E-state index contributed by atoms with van der Waals surface area (Å²) in [6, 6.07) is 0. The summed E-state index contributed by atoms with van der Waals surface area (Å²) >= 11 is 0. The highest BCUT2D eigenvalue weighted by molar-refractivity contribution is 4.60. The fraction of sp³-hybridized carbons (Fsp3) is 1.00. The number of hydrogen-bond acceptors (Lipinski definition) is 1. The smallest absolute Gasteiger partial charge is 0.00207 e. The van der Waals surface area contributed by atoms with Crippen LogP contribution in [0.15, 0.2) is 0 Å². The van der Waals surface area contributed by atoms with E-state index in [1.165, 1.54) is 83.6 Å². The molecule has 1 nitrogen and oxygen atoms in total. The molecule has 0 saturated heterocycles. The van der Waals surface area contributed by atoms with Gasteiger partial charge in [-0.2, -0.15) is 0 Å². The van der Waals surface area contributed by atoms with Gasteiger partial charge in [-0.25, -0.2) is 0 Å². The molecular weight excluding hydrogens is 230 g/mol. The standard InChI is InChI=1S/C18H39N/c1-4-7-8-9-10-11-12-13-14-15-16-18(5-2)17-19-6-3/h18-19H,4-17H2,1-3H3. The van der Waals surface area contributed by atoms with Crippen molar-refractivity contribution in [3.8, 4) is 0 Å². The van der Waals surface area contributed by atoms with E-state index in [9.17, 15) is 0 Å². The fourth-order valence-electron chi connectivity index (χ4n) is 2.72. The van der Waals surface area contributed by atoms with E-state index in [0.29, 0.717) is 0 Å². The van der Waals surface area contributed by atoms with Crippen molar-refractivity contribution in [1.82, 2.24) is 5.32 Å². The van der Waals surface area contributed by atoms with Crippen LogP contribution in [0.4, 0.5) is 0 Å².